The van der Waals surface area contributed by atoms with E-state index in [1.54, 1.807) is 6.07 Å². The summed E-state index contributed by atoms with van der Waals surface area (Å²) in [6.45, 7) is -0.376. The Morgan fingerprint density at radius 1 is 1.24 bits per heavy atom. The lowest BCUT2D eigenvalue weighted by Crippen LogP contribution is -2.41. The molecule has 0 saturated carbocycles. The van der Waals surface area contributed by atoms with Crippen LogP contribution in [0.2, 0.25) is 0 Å². The lowest BCUT2D eigenvalue weighted by molar-refractivity contribution is -0.117. The van der Waals surface area contributed by atoms with Gasteiger partial charge in [0.15, 0.2) is 0 Å². The second-order valence-electron chi connectivity index (χ2n) is 6.17. The summed E-state index contributed by atoms with van der Waals surface area (Å²) >= 11 is 0. The Morgan fingerprint density at radius 3 is 2.60 bits per heavy atom. The topological polar surface area (TPSA) is 133 Å². The molecule has 2 aliphatic heterocycles. The minimum absolute atomic E-state index is 0.0282. The predicted octanol–water partition coefficient (Wildman–Crippen LogP) is -0.412. The van der Waals surface area contributed by atoms with Gasteiger partial charge in [0.25, 0.3) is 5.91 Å². The second-order valence-corrected chi connectivity index (χ2v) is 9.64. The standard InChI is InChI=1S/C14H19N3O6S2/c18-13-8-10(3-5-11-2-1-7-24(20,21)15-11)4-6-12(13)17-9-14(19)16-25(17,22)23/h4,6,8,11,15,18H,1-3,5,7,9H2,(H,16,19). The number of nitrogens with one attached hydrogen (secondary N) is 2. The van der Waals surface area contributed by atoms with Gasteiger partial charge >= 0.3 is 10.2 Å². The van der Waals surface area contributed by atoms with Crippen LogP contribution in [0.1, 0.15) is 24.8 Å². The van der Waals surface area contributed by atoms with Gasteiger partial charge in [-0.15, -0.1) is 0 Å². The molecule has 25 heavy (non-hydrogen) atoms. The molecule has 0 spiro atoms. The number of phenolic OH excluding ortho intramolecular Hbond substituents is 1. The molecule has 0 bridgehead atoms. The highest BCUT2D eigenvalue weighted by Gasteiger charge is 2.35. The van der Waals surface area contributed by atoms with Crippen LogP contribution in [0.15, 0.2) is 18.2 Å². The molecule has 0 aliphatic carbocycles. The molecule has 2 fully saturated rings. The fraction of sp³-hybridized carbons (Fsp3) is 0.500. The minimum atomic E-state index is -3.97. The molecule has 3 N–H and O–H groups in total. The van der Waals surface area contributed by atoms with Gasteiger partial charge in [0.05, 0.1) is 11.4 Å². The second kappa shape index (κ2) is 6.46. The normalized spacial score (nSPS) is 24.9. The van der Waals surface area contributed by atoms with Crippen molar-refractivity contribution in [1.29, 1.82) is 0 Å². The third-order valence-corrected chi connectivity index (χ3v) is 7.13. The summed E-state index contributed by atoms with van der Waals surface area (Å²) < 4.78 is 52.0. The highest BCUT2D eigenvalue weighted by atomic mass is 32.2. The first-order chi connectivity index (χ1) is 11.7. The number of anilines is 1. The van der Waals surface area contributed by atoms with Gasteiger partial charge in [-0.2, -0.15) is 8.42 Å². The van der Waals surface area contributed by atoms with Crippen LogP contribution in [-0.2, 0) is 31.4 Å². The molecule has 2 heterocycles. The first kappa shape index (κ1) is 18.0. The summed E-state index contributed by atoms with van der Waals surface area (Å²) in [5, 5.41) is 10.1. The summed E-state index contributed by atoms with van der Waals surface area (Å²) in [4.78, 5) is 11.3. The number of aromatic hydroxyl groups is 1. The van der Waals surface area contributed by atoms with Crippen molar-refractivity contribution in [3.63, 3.8) is 0 Å². The third kappa shape index (κ3) is 4.05. The van der Waals surface area contributed by atoms with Crippen molar-refractivity contribution in [2.45, 2.75) is 31.7 Å². The van der Waals surface area contributed by atoms with Gasteiger partial charge in [-0.3, -0.25) is 4.79 Å². The molecule has 2 aliphatic rings. The molecule has 138 valence electrons. The minimum Gasteiger partial charge on any atom is -0.506 e. The Balaban J connectivity index is 1.69. The van der Waals surface area contributed by atoms with Gasteiger partial charge in [0.1, 0.15) is 12.3 Å². The summed E-state index contributed by atoms with van der Waals surface area (Å²) in [6.07, 6.45) is 2.51. The van der Waals surface area contributed by atoms with E-state index in [2.05, 4.69) is 4.72 Å². The molecule has 1 aromatic rings. The average Bonchev–Trinajstić information content (AvgIpc) is 2.77. The van der Waals surface area contributed by atoms with Crippen LogP contribution in [0, 0.1) is 0 Å². The van der Waals surface area contributed by atoms with Gasteiger partial charge in [-0.25, -0.2) is 22.2 Å². The summed E-state index contributed by atoms with van der Waals surface area (Å²) in [5.41, 5.74) is 0.780. The fourth-order valence-electron chi connectivity index (χ4n) is 3.03. The quantitative estimate of drug-likeness (QED) is 0.641. The largest absolute Gasteiger partial charge is 0.506 e. The maximum atomic E-state index is 11.8. The number of hydrogen-bond donors (Lipinski definition) is 3. The van der Waals surface area contributed by atoms with Crippen molar-refractivity contribution in [2.75, 3.05) is 16.6 Å². The first-order valence-corrected chi connectivity index (χ1v) is 10.9. The van der Waals surface area contributed by atoms with Crippen LogP contribution >= 0.6 is 0 Å². The molecule has 1 amide bonds. The van der Waals surface area contributed by atoms with Crippen molar-refractivity contribution in [3.05, 3.63) is 23.8 Å². The van der Waals surface area contributed by atoms with Crippen LogP contribution in [0.5, 0.6) is 5.75 Å². The number of amides is 1. The SMILES string of the molecule is O=C1CN(c2ccc(CCC3CCCS(=O)(=O)N3)cc2O)S(=O)(=O)N1. The van der Waals surface area contributed by atoms with E-state index in [1.807, 2.05) is 4.72 Å². The number of nitrogens with zero attached hydrogens (tertiary/aromatic N) is 1. The maximum Gasteiger partial charge on any atom is 0.326 e. The van der Waals surface area contributed by atoms with Crippen molar-refractivity contribution in [2.24, 2.45) is 0 Å². The van der Waals surface area contributed by atoms with Crippen LogP contribution in [0.25, 0.3) is 0 Å². The number of carbonyl (C=O) groups excluding carboxylic acids is 1. The first-order valence-electron chi connectivity index (χ1n) is 7.81. The smallest absolute Gasteiger partial charge is 0.326 e. The molecule has 2 saturated heterocycles. The summed E-state index contributed by atoms with van der Waals surface area (Å²) in [6, 6.07) is 4.39. The van der Waals surface area contributed by atoms with Crippen molar-refractivity contribution in [1.82, 2.24) is 9.44 Å². The molecule has 0 radical (unpaired) electrons. The summed E-state index contributed by atoms with van der Waals surface area (Å²) in [7, 11) is -7.16. The van der Waals surface area contributed by atoms with E-state index in [4.69, 9.17) is 0 Å². The van der Waals surface area contributed by atoms with Gasteiger partial charge < -0.3 is 5.11 Å². The molecule has 3 rings (SSSR count). The Morgan fingerprint density at radius 2 is 2.00 bits per heavy atom. The van der Waals surface area contributed by atoms with Crippen LogP contribution in [-0.4, -0.2) is 46.2 Å². The highest BCUT2D eigenvalue weighted by Crippen LogP contribution is 2.31. The van der Waals surface area contributed by atoms with E-state index < -0.39 is 26.1 Å². The number of hydrogen-bond acceptors (Lipinski definition) is 6. The lowest BCUT2D eigenvalue weighted by atomic mass is 10.0. The molecular formula is C14H19N3O6S2. The number of carbonyl (C=O) groups is 1. The van der Waals surface area contributed by atoms with E-state index >= 15 is 0 Å². The number of sulfonamides is 1. The Hall–Kier alpha value is -1.85. The van der Waals surface area contributed by atoms with Crippen LogP contribution in [0.3, 0.4) is 0 Å². The molecule has 1 unspecified atom stereocenters. The maximum absolute atomic E-state index is 11.8. The van der Waals surface area contributed by atoms with E-state index in [1.165, 1.54) is 12.1 Å². The Labute approximate surface area is 146 Å². The highest BCUT2D eigenvalue weighted by molar-refractivity contribution is 7.92. The van der Waals surface area contributed by atoms with Gasteiger partial charge in [0.2, 0.25) is 10.0 Å². The molecular weight excluding hydrogens is 370 g/mol. The van der Waals surface area contributed by atoms with Crippen LogP contribution < -0.4 is 13.7 Å². The van der Waals surface area contributed by atoms with E-state index in [0.717, 1.165) is 16.3 Å². The molecule has 0 aromatic heterocycles. The van der Waals surface area contributed by atoms with Crippen LogP contribution in [0.4, 0.5) is 5.69 Å². The number of phenols is 1. The van der Waals surface area contributed by atoms with E-state index in [9.17, 15) is 26.7 Å². The van der Waals surface area contributed by atoms with E-state index in [0.29, 0.717) is 19.3 Å². The average molecular weight is 389 g/mol. The lowest BCUT2D eigenvalue weighted by Gasteiger charge is -2.23. The summed E-state index contributed by atoms with van der Waals surface area (Å²) in [5.74, 6) is -0.759. The molecule has 9 nitrogen and oxygen atoms in total. The zero-order chi connectivity index (χ0) is 18.2. The van der Waals surface area contributed by atoms with Gasteiger partial charge in [0, 0.05) is 6.04 Å². The third-order valence-electron chi connectivity index (χ3n) is 4.22. The van der Waals surface area contributed by atoms with E-state index in [-0.39, 0.29) is 29.8 Å². The van der Waals surface area contributed by atoms with Crippen molar-refractivity contribution >= 4 is 31.8 Å². The zero-order valence-electron chi connectivity index (χ0n) is 13.3. The molecule has 1 aromatic carbocycles. The zero-order valence-corrected chi connectivity index (χ0v) is 14.9. The predicted molar refractivity (Wildman–Crippen MR) is 90.8 cm³/mol. The van der Waals surface area contributed by atoms with Gasteiger partial charge in [-0.1, -0.05) is 6.07 Å². The number of aryl methyl sites for hydroxylation is 1. The van der Waals surface area contributed by atoms with Gasteiger partial charge in [-0.05, 0) is 43.4 Å². The number of rotatable bonds is 4. The molecule has 11 heteroatoms. The monoisotopic (exact) mass is 389 g/mol. The van der Waals surface area contributed by atoms with Crippen molar-refractivity contribution < 1.29 is 26.7 Å². The number of benzene rings is 1. The van der Waals surface area contributed by atoms with Crippen molar-refractivity contribution in [3.8, 4) is 5.75 Å². The Kier molecular flexibility index (Phi) is 4.64. The fourth-order valence-corrected chi connectivity index (χ4v) is 5.60. The molecule has 1 atom stereocenters. The Bertz CT molecular complexity index is 897.